The van der Waals surface area contributed by atoms with Crippen molar-refractivity contribution in [3.05, 3.63) is 52.6 Å². The van der Waals surface area contributed by atoms with Gasteiger partial charge in [0.2, 0.25) is 13.5 Å². The molecule has 0 radical (unpaired) electrons. The van der Waals surface area contributed by atoms with E-state index in [1.165, 1.54) is 17.8 Å². The summed E-state index contributed by atoms with van der Waals surface area (Å²) in [7, 11) is -3.19. The maximum Gasteiger partial charge on any atom is 0.280 e. The average molecular weight is 655 g/mol. The van der Waals surface area contributed by atoms with Gasteiger partial charge in [0.25, 0.3) is 5.56 Å². The van der Waals surface area contributed by atoms with Crippen molar-refractivity contribution in [2.45, 2.75) is 51.4 Å². The van der Waals surface area contributed by atoms with E-state index in [9.17, 15) is 30.0 Å². The van der Waals surface area contributed by atoms with Crippen LogP contribution in [0.3, 0.4) is 0 Å². The number of carbonyl (C=O) groups is 1. The molecule has 17 heteroatoms. The number of aliphatic hydroxyl groups excluding tert-OH is 3. The van der Waals surface area contributed by atoms with Crippen LogP contribution in [0.25, 0.3) is 11.2 Å². The van der Waals surface area contributed by atoms with E-state index in [4.69, 9.17) is 24.3 Å². The first-order valence-corrected chi connectivity index (χ1v) is 16.7. The number of nitrogen functional groups attached to an aromatic ring is 1. The number of nitrogens with one attached hydrogen (secondary N) is 1. The number of aliphatic hydroxyl groups is 4. The number of aromatic amines is 1. The molecule has 1 aliphatic heterocycles. The molecule has 0 spiro atoms. The van der Waals surface area contributed by atoms with Crippen LogP contribution in [-0.2, 0) is 25.1 Å². The van der Waals surface area contributed by atoms with Crippen LogP contribution in [0.1, 0.15) is 32.6 Å². The van der Waals surface area contributed by atoms with Gasteiger partial charge in [-0.3, -0.25) is 19.1 Å². The van der Waals surface area contributed by atoms with Gasteiger partial charge >= 0.3 is 0 Å². The Morgan fingerprint density at radius 1 is 1.30 bits per heavy atom. The minimum atomic E-state index is -3.19. The number of fused-ring (bicyclic) bond motifs is 1. The molecule has 5 unspecified atom stereocenters. The number of hydrogen-bond donors (Lipinski definition) is 6. The molecule has 3 heterocycles. The van der Waals surface area contributed by atoms with Gasteiger partial charge in [-0.25, -0.2) is 9.73 Å². The molecule has 1 fully saturated rings. The number of thioether (sulfide) groups is 1. The largest absolute Gasteiger partial charge is 0.396 e. The van der Waals surface area contributed by atoms with Crippen LogP contribution >= 0.6 is 19.3 Å². The molecule has 0 saturated carbocycles. The average Bonchev–Trinajstić information content (AvgIpc) is 3.51. The second-order valence-electron chi connectivity index (χ2n) is 11.1. The van der Waals surface area contributed by atoms with Gasteiger partial charge in [-0.1, -0.05) is 42.1 Å². The van der Waals surface area contributed by atoms with Crippen LogP contribution in [0.15, 0.2) is 46.2 Å². The molecule has 5 atom stereocenters. The fourth-order valence-corrected chi connectivity index (χ4v) is 7.43. The van der Waals surface area contributed by atoms with Gasteiger partial charge in [-0.15, -0.1) is 0 Å². The molecular weight excluding hydrogens is 615 g/mol. The van der Waals surface area contributed by atoms with Crippen molar-refractivity contribution in [1.29, 1.82) is 0 Å². The smallest absolute Gasteiger partial charge is 0.280 e. The Kier molecular flexibility index (Phi) is 11.0. The maximum atomic E-state index is 12.5. The Balaban J connectivity index is 1.55. The van der Waals surface area contributed by atoms with Gasteiger partial charge in [0.05, 0.1) is 50.9 Å². The minimum absolute atomic E-state index is 0.0208. The highest BCUT2D eigenvalue weighted by atomic mass is 32.2. The first-order valence-electron chi connectivity index (χ1n) is 13.9. The van der Waals surface area contributed by atoms with E-state index in [1.807, 2.05) is 30.3 Å². The number of nitrogens with zero attached hydrogens (tertiary/aromatic N) is 4. The SMILES string of the molecule is CC(C)(CO)C(=O)SCCOP(CCO)(=NCc1ccccc1)OCC1OC(n2cnc3c(=O)[nH]c(N)nc32)C(C)(O)C1O. The molecule has 15 nitrogen and oxygen atoms in total. The Labute approximate surface area is 258 Å². The summed E-state index contributed by atoms with van der Waals surface area (Å²) in [6.45, 7) is 4.07. The number of hydrogen-bond acceptors (Lipinski definition) is 14. The van der Waals surface area contributed by atoms with Gasteiger partial charge in [0, 0.05) is 5.75 Å². The summed E-state index contributed by atoms with van der Waals surface area (Å²) < 4.78 is 24.5. The lowest BCUT2D eigenvalue weighted by Crippen LogP contribution is -2.44. The third-order valence-corrected chi connectivity index (χ3v) is 10.8. The van der Waals surface area contributed by atoms with E-state index >= 15 is 0 Å². The lowest BCUT2D eigenvalue weighted by molar-refractivity contribution is -0.119. The first kappa shape index (κ1) is 34.2. The maximum absolute atomic E-state index is 12.5. The highest BCUT2D eigenvalue weighted by Crippen LogP contribution is 2.53. The number of anilines is 1. The molecule has 0 bridgehead atoms. The number of imidazole rings is 1. The van der Waals surface area contributed by atoms with E-state index in [1.54, 1.807) is 13.8 Å². The number of carbonyl (C=O) groups excluding carboxylic acids is 1. The molecule has 4 rings (SSSR count). The quantitative estimate of drug-likeness (QED) is 0.106. The van der Waals surface area contributed by atoms with Crippen LogP contribution in [0.5, 0.6) is 0 Å². The van der Waals surface area contributed by atoms with Crippen LogP contribution in [0.2, 0.25) is 0 Å². The fourth-order valence-electron chi connectivity index (χ4n) is 4.47. The standard InChI is InChI=1S/C27H39N6O9PS/c1-26(2,15-35)24(38)44-12-10-40-43(11-9-34,30-13-17-7-5-4-6-8-17)41-14-18-20(36)27(3,39)23(42-18)33-16-29-19-21(33)31-25(28)32-22(19)37/h4-8,16,18,20,23,34-36,39H,9-15H2,1-3H3,(H3,28,31,32,37). The molecule has 0 amide bonds. The summed E-state index contributed by atoms with van der Waals surface area (Å²) in [6, 6.07) is 9.38. The van der Waals surface area contributed by atoms with Crippen molar-refractivity contribution in [3.63, 3.8) is 0 Å². The van der Waals surface area contributed by atoms with Crippen LogP contribution in [-0.4, -0.2) is 101 Å². The summed E-state index contributed by atoms with van der Waals surface area (Å²) in [5, 5.41) is 41.7. The number of nitrogens with two attached hydrogens (primary N) is 1. The lowest BCUT2D eigenvalue weighted by Gasteiger charge is -2.28. The van der Waals surface area contributed by atoms with Gasteiger partial charge in [-0.05, 0) is 26.3 Å². The van der Waals surface area contributed by atoms with Crippen molar-refractivity contribution in [3.8, 4) is 0 Å². The second-order valence-corrected chi connectivity index (χ2v) is 14.7. The van der Waals surface area contributed by atoms with Gasteiger partial charge < -0.3 is 39.9 Å². The van der Waals surface area contributed by atoms with E-state index < -0.39 is 42.5 Å². The topological polar surface area (TPSA) is 228 Å². The monoisotopic (exact) mass is 654 g/mol. The van der Waals surface area contributed by atoms with Crippen molar-refractivity contribution in [1.82, 2.24) is 19.5 Å². The summed E-state index contributed by atoms with van der Waals surface area (Å²) in [4.78, 5) is 35.3. The highest BCUT2D eigenvalue weighted by Gasteiger charge is 2.54. The van der Waals surface area contributed by atoms with Gasteiger partial charge in [-0.2, -0.15) is 4.98 Å². The molecular formula is C27H39N6O9PS. The van der Waals surface area contributed by atoms with Crippen LogP contribution in [0, 0.1) is 5.41 Å². The van der Waals surface area contributed by atoms with Crippen LogP contribution < -0.4 is 11.3 Å². The zero-order valence-corrected chi connectivity index (χ0v) is 26.4. The lowest BCUT2D eigenvalue weighted by atomic mass is 9.96. The number of aromatic nitrogens is 4. The second kappa shape index (κ2) is 14.2. The molecule has 1 aliphatic rings. The molecule has 1 aromatic carbocycles. The van der Waals surface area contributed by atoms with Gasteiger partial charge in [0.1, 0.15) is 17.8 Å². The first-order chi connectivity index (χ1) is 20.8. The predicted molar refractivity (Wildman–Crippen MR) is 165 cm³/mol. The minimum Gasteiger partial charge on any atom is -0.396 e. The summed E-state index contributed by atoms with van der Waals surface area (Å²) in [6.07, 6.45) is -2.46. The Bertz CT molecular complexity index is 1550. The molecule has 0 aliphatic carbocycles. The van der Waals surface area contributed by atoms with E-state index in [0.717, 1.165) is 17.3 Å². The molecule has 242 valence electrons. The molecule has 3 aromatic rings. The Morgan fingerprint density at radius 3 is 2.70 bits per heavy atom. The van der Waals surface area contributed by atoms with E-state index in [0.29, 0.717) is 0 Å². The van der Waals surface area contributed by atoms with Crippen molar-refractivity contribution in [2.24, 2.45) is 10.2 Å². The van der Waals surface area contributed by atoms with E-state index in [2.05, 4.69) is 15.0 Å². The molecule has 7 N–H and O–H groups in total. The van der Waals surface area contributed by atoms with Crippen molar-refractivity contribution >= 4 is 41.5 Å². The Hall–Kier alpha value is -2.66. The normalized spacial score (nSPS) is 23.6. The fraction of sp³-hybridized carbons (Fsp3) is 0.556. The summed E-state index contributed by atoms with van der Waals surface area (Å²) in [5.41, 5.74) is 3.29. The third kappa shape index (κ3) is 7.58. The van der Waals surface area contributed by atoms with Crippen molar-refractivity contribution in [2.75, 3.05) is 44.1 Å². The number of H-pyrrole nitrogens is 1. The Morgan fingerprint density at radius 2 is 2.02 bits per heavy atom. The number of ether oxygens (including phenoxy) is 1. The van der Waals surface area contributed by atoms with Gasteiger partial charge in [0.15, 0.2) is 22.5 Å². The summed E-state index contributed by atoms with van der Waals surface area (Å²) in [5.74, 6) is 0.0972. The molecule has 2 aromatic heterocycles. The zero-order valence-electron chi connectivity index (χ0n) is 24.7. The zero-order chi connectivity index (χ0) is 32.1. The third-order valence-electron chi connectivity index (χ3n) is 7.15. The predicted octanol–water partition coefficient (Wildman–Crippen LogP) is 1.25. The van der Waals surface area contributed by atoms with Crippen molar-refractivity contribution < 1.29 is 39.0 Å². The van der Waals surface area contributed by atoms with Crippen LogP contribution in [0.4, 0.5) is 5.95 Å². The number of benzene rings is 1. The van der Waals surface area contributed by atoms with E-state index in [-0.39, 0.29) is 67.1 Å². The molecule has 44 heavy (non-hydrogen) atoms. The molecule has 1 saturated heterocycles. The number of rotatable bonds is 14. The highest BCUT2D eigenvalue weighted by molar-refractivity contribution is 8.13. The summed E-state index contributed by atoms with van der Waals surface area (Å²) >= 11 is 1.01.